The van der Waals surface area contributed by atoms with Crippen LogP contribution in [0, 0.1) is 17.8 Å². The Morgan fingerprint density at radius 1 is 1.21 bits per heavy atom. The Kier molecular flexibility index (Phi) is 4.19. The molecule has 0 amide bonds. The van der Waals surface area contributed by atoms with Gasteiger partial charge in [-0.2, -0.15) is 0 Å². The maximum Gasteiger partial charge on any atom is 0.0685 e. The highest BCUT2D eigenvalue weighted by Gasteiger charge is 2.45. The summed E-state index contributed by atoms with van der Waals surface area (Å²) in [7, 11) is 0. The second-order valence-corrected chi connectivity index (χ2v) is 7.40. The second-order valence-electron chi connectivity index (χ2n) is 7.40. The summed E-state index contributed by atoms with van der Waals surface area (Å²) in [5, 5.41) is 3.85. The van der Waals surface area contributed by atoms with Crippen LogP contribution in [0.5, 0.6) is 0 Å². The van der Waals surface area contributed by atoms with Crippen LogP contribution in [0.25, 0.3) is 0 Å². The van der Waals surface area contributed by atoms with Crippen molar-refractivity contribution in [3.63, 3.8) is 0 Å². The fourth-order valence-corrected chi connectivity index (χ4v) is 4.82. The standard InChI is InChI=1S/C17H31NO/c1-3-18-16(14-6-5-13(2)11-14)15-7-10-19-17(12-15)8-4-9-17/h13-16,18H,3-12H2,1-2H3. The summed E-state index contributed by atoms with van der Waals surface area (Å²) in [5.41, 5.74) is 0.306. The summed E-state index contributed by atoms with van der Waals surface area (Å²) in [6.07, 6.45) is 11.0. The summed E-state index contributed by atoms with van der Waals surface area (Å²) in [6.45, 7) is 6.83. The minimum absolute atomic E-state index is 0.306. The molecule has 0 aromatic carbocycles. The molecule has 0 bridgehead atoms. The molecule has 110 valence electrons. The largest absolute Gasteiger partial charge is 0.375 e. The zero-order valence-corrected chi connectivity index (χ0v) is 12.8. The van der Waals surface area contributed by atoms with Gasteiger partial charge in [-0.1, -0.05) is 20.3 Å². The summed E-state index contributed by atoms with van der Waals surface area (Å²) in [6, 6.07) is 0.760. The van der Waals surface area contributed by atoms with E-state index < -0.39 is 0 Å². The number of ether oxygens (including phenoxy) is 1. The lowest BCUT2D eigenvalue weighted by atomic mass is 9.68. The number of rotatable bonds is 4. The summed E-state index contributed by atoms with van der Waals surface area (Å²) < 4.78 is 6.12. The molecular formula is C17H31NO. The predicted molar refractivity (Wildman–Crippen MR) is 79.2 cm³/mol. The highest BCUT2D eigenvalue weighted by molar-refractivity contribution is 4.98. The van der Waals surface area contributed by atoms with Crippen LogP contribution < -0.4 is 5.32 Å². The van der Waals surface area contributed by atoms with Gasteiger partial charge in [0.15, 0.2) is 0 Å². The van der Waals surface area contributed by atoms with Crippen LogP contribution in [0.2, 0.25) is 0 Å². The third-order valence-electron chi connectivity index (χ3n) is 5.99. The van der Waals surface area contributed by atoms with Gasteiger partial charge in [0.2, 0.25) is 0 Å². The van der Waals surface area contributed by atoms with E-state index in [9.17, 15) is 0 Å². The van der Waals surface area contributed by atoms with Crippen molar-refractivity contribution in [2.75, 3.05) is 13.2 Å². The van der Waals surface area contributed by atoms with Gasteiger partial charge in [-0.25, -0.2) is 0 Å². The average Bonchev–Trinajstić information content (AvgIpc) is 2.80. The molecule has 2 aliphatic carbocycles. The normalized spacial score (nSPS) is 39.2. The molecule has 3 rings (SSSR count). The van der Waals surface area contributed by atoms with Crippen LogP contribution in [-0.2, 0) is 4.74 Å². The van der Waals surface area contributed by atoms with Gasteiger partial charge in [-0.15, -0.1) is 0 Å². The van der Waals surface area contributed by atoms with Gasteiger partial charge < -0.3 is 10.1 Å². The Balaban J connectivity index is 1.65. The van der Waals surface area contributed by atoms with E-state index in [1.807, 2.05) is 0 Å². The smallest absolute Gasteiger partial charge is 0.0685 e. The molecule has 1 heterocycles. The minimum Gasteiger partial charge on any atom is -0.375 e. The van der Waals surface area contributed by atoms with Gasteiger partial charge in [0, 0.05) is 12.6 Å². The topological polar surface area (TPSA) is 21.3 Å². The maximum absolute atomic E-state index is 6.12. The van der Waals surface area contributed by atoms with E-state index in [4.69, 9.17) is 4.74 Å². The van der Waals surface area contributed by atoms with Gasteiger partial charge in [-0.3, -0.25) is 0 Å². The first kappa shape index (κ1) is 13.9. The van der Waals surface area contributed by atoms with E-state index in [0.717, 1.165) is 36.9 Å². The van der Waals surface area contributed by atoms with Gasteiger partial charge in [-0.05, 0) is 69.2 Å². The Bertz CT molecular complexity index is 300. The number of hydrogen-bond acceptors (Lipinski definition) is 2. The summed E-state index contributed by atoms with van der Waals surface area (Å²) >= 11 is 0. The first-order chi connectivity index (χ1) is 9.22. The van der Waals surface area contributed by atoms with Crippen LogP contribution in [0.3, 0.4) is 0 Å². The van der Waals surface area contributed by atoms with Crippen molar-refractivity contribution in [2.45, 2.75) is 76.9 Å². The van der Waals surface area contributed by atoms with E-state index in [1.165, 1.54) is 51.4 Å². The number of hydrogen-bond donors (Lipinski definition) is 1. The Labute approximate surface area is 118 Å². The highest BCUT2D eigenvalue weighted by Crippen LogP contribution is 2.47. The molecule has 19 heavy (non-hydrogen) atoms. The van der Waals surface area contributed by atoms with Crippen molar-refractivity contribution in [3.8, 4) is 0 Å². The van der Waals surface area contributed by atoms with E-state index in [-0.39, 0.29) is 0 Å². The fourth-order valence-electron chi connectivity index (χ4n) is 4.82. The lowest BCUT2D eigenvalue weighted by molar-refractivity contribution is -0.149. The van der Waals surface area contributed by atoms with Gasteiger partial charge >= 0.3 is 0 Å². The Morgan fingerprint density at radius 2 is 2.05 bits per heavy atom. The molecule has 0 radical (unpaired) electrons. The van der Waals surface area contributed by atoms with Gasteiger partial charge in [0.1, 0.15) is 0 Å². The minimum atomic E-state index is 0.306. The molecule has 2 heteroatoms. The van der Waals surface area contributed by atoms with E-state index in [0.29, 0.717) is 5.60 Å². The first-order valence-electron chi connectivity index (χ1n) is 8.60. The maximum atomic E-state index is 6.12. The molecule has 3 fully saturated rings. The molecule has 3 aliphatic rings. The van der Waals surface area contributed by atoms with Crippen molar-refractivity contribution in [2.24, 2.45) is 17.8 Å². The first-order valence-corrected chi connectivity index (χ1v) is 8.60. The van der Waals surface area contributed by atoms with Crippen LogP contribution in [0.1, 0.15) is 65.2 Å². The monoisotopic (exact) mass is 265 g/mol. The molecule has 1 spiro atoms. The molecule has 0 aromatic rings. The van der Waals surface area contributed by atoms with E-state index >= 15 is 0 Å². The Morgan fingerprint density at radius 3 is 2.63 bits per heavy atom. The highest BCUT2D eigenvalue weighted by atomic mass is 16.5. The molecule has 2 saturated carbocycles. The van der Waals surface area contributed by atoms with Crippen LogP contribution in [0.4, 0.5) is 0 Å². The molecule has 1 aliphatic heterocycles. The second kappa shape index (κ2) is 5.73. The zero-order chi connectivity index (χ0) is 13.3. The van der Waals surface area contributed by atoms with Crippen molar-refractivity contribution in [3.05, 3.63) is 0 Å². The summed E-state index contributed by atoms with van der Waals surface area (Å²) in [5.74, 6) is 2.74. The van der Waals surface area contributed by atoms with Crippen LogP contribution >= 0.6 is 0 Å². The molecule has 0 aromatic heterocycles. The summed E-state index contributed by atoms with van der Waals surface area (Å²) in [4.78, 5) is 0. The molecule has 4 atom stereocenters. The third-order valence-corrected chi connectivity index (χ3v) is 5.99. The number of nitrogens with one attached hydrogen (secondary N) is 1. The Hall–Kier alpha value is -0.0800. The SMILES string of the molecule is CCNC(C1CCC(C)C1)C1CCOC2(CCC2)C1. The van der Waals surface area contributed by atoms with E-state index in [2.05, 4.69) is 19.2 Å². The third kappa shape index (κ3) is 2.85. The van der Waals surface area contributed by atoms with Gasteiger partial charge in [0.05, 0.1) is 5.60 Å². The average molecular weight is 265 g/mol. The van der Waals surface area contributed by atoms with Crippen molar-refractivity contribution >= 4 is 0 Å². The molecule has 4 unspecified atom stereocenters. The zero-order valence-electron chi connectivity index (χ0n) is 12.8. The van der Waals surface area contributed by atoms with Crippen molar-refractivity contribution in [1.82, 2.24) is 5.32 Å². The molecule has 1 N–H and O–H groups in total. The predicted octanol–water partition coefficient (Wildman–Crippen LogP) is 3.75. The molecular weight excluding hydrogens is 234 g/mol. The van der Waals surface area contributed by atoms with Crippen LogP contribution in [0.15, 0.2) is 0 Å². The van der Waals surface area contributed by atoms with E-state index in [1.54, 1.807) is 0 Å². The molecule has 1 saturated heterocycles. The quantitative estimate of drug-likeness (QED) is 0.836. The lowest BCUT2D eigenvalue weighted by Gasteiger charge is -2.49. The fraction of sp³-hybridized carbons (Fsp3) is 1.00. The van der Waals surface area contributed by atoms with Crippen molar-refractivity contribution in [1.29, 1.82) is 0 Å². The van der Waals surface area contributed by atoms with Crippen LogP contribution in [-0.4, -0.2) is 24.8 Å². The van der Waals surface area contributed by atoms with Gasteiger partial charge in [0.25, 0.3) is 0 Å². The molecule has 2 nitrogen and oxygen atoms in total. The lowest BCUT2D eigenvalue weighted by Crippen LogP contribution is -2.52. The van der Waals surface area contributed by atoms with Crippen molar-refractivity contribution < 1.29 is 4.74 Å².